The molecule has 0 radical (unpaired) electrons. The summed E-state index contributed by atoms with van der Waals surface area (Å²) in [5, 5.41) is 2.62. The molecule has 0 spiro atoms. The summed E-state index contributed by atoms with van der Waals surface area (Å²) in [6.07, 6.45) is 3.86. The lowest BCUT2D eigenvalue weighted by molar-refractivity contribution is 0.102. The number of carbonyl (C=O) groups excluding carboxylic acids is 1. The van der Waals surface area contributed by atoms with Gasteiger partial charge in [0, 0.05) is 23.8 Å². The Morgan fingerprint density at radius 2 is 2.05 bits per heavy atom. The summed E-state index contributed by atoms with van der Waals surface area (Å²) >= 11 is 3.19. The second-order valence-electron chi connectivity index (χ2n) is 5.15. The maximum absolute atomic E-state index is 13.9. The highest BCUT2D eigenvalue weighted by molar-refractivity contribution is 9.10. The van der Waals surface area contributed by atoms with Crippen LogP contribution in [0.2, 0.25) is 0 Å². The fourth-order valence-electron chi connectivity index (χ4n) is 2.54. The van der Waals surface area contributed by atoms with Crippen LogP contribution in [-0.4, -0.2) is 24.0 Å². The van der Waals surface area contributed by atoms with Gasteiger partial charge >= 0.3 is 0 Å². The Hall–Kier alpha value is -1.95. The van der Waals surface area contributed by atoms with Crippen molar-refractivity contribution in [3.63, 3.8) is 0 Å². The number of hydrogen-bond donors (Lipinski definition) is 1. The quantitative estimate of drug-likeness (QED) is 0.900. The molecule has 0 atom stereocenters. The van der Waals surface area contributed by atoms with Gasteiger partial charge in [0.2, 0.25) is 0 Å². The summed E-state index contributed by atoms with van der Waals surface area (Å²) in [5.41, 5.74) is 0.621. The lowest BCUT2D eigenvalue weighted by atomic mass is 10.2. The zero-order valence-corrected chi connectivity index (χ0v) is 13.4. The van der Waals surface area contributed by atoms with E-state index in [2.05, 4.69) is 31.1 Å². The van der Waals surface area contributed by atoms with Crippen LogP contribution in [0.1, 0.15) is 23.2 Å². The Balaban J connectivity index is 1.86. The number of pyridine rings is 1. The molecule has 0 saturated carbocycles. The Kier molecular flexibility index (Phi) is 4.38. The van der Waals surface area contributed by atoms with Gasteiger partial charge in [0.15, 0.2) is 0 Å². The van der Waals surface area contributed by atoms with E-state index in [0.717, 1.165) is 25.9 Å². The van der Waals surface area contributed by atoms with Crippen LogP contribution in [0.3, 0.4) is 0 Å². The molecule has 0 bridgehead atoms. The SMILES string of the molecule is O=C(Nc1ccc(Br)cc1F)c1cccnc1N1CCCC1. The minimum absolute atomic E-state index is 0.157. The Bertz CT molecular complexity index is 702. The van der Waals surface area contributed by atoms with Gasteiger partial charge in [-0.3, -0.25) is 4.79 Å². The Labute approximate surface area is 136 Å². The van der Waals surface area contributed by atoms with Crippen molar-refractivity contribution < 1.29 is 9.18 Å². The molecule has 3 rings (SSSR count). The average Bonchev–Trinajstić information content (AvgIpc) is 3.04. The summed E-state index contributed by atoms with van der Waals surface area (Å²) in [7, 11) is 0. The number of aromatic nitrogens is 1. The van der Waals surface area contributed by atoms with E-state index in [1.807, 2.05) is 0 Å². The van der Waals surface area contributed by atoms with Crippen molar-refractivity contribution in [3.8, 4) is 0 Å². The number of nitrogens with one attached hydrogen (secondary N) is 1. The van der Waals surface area contributed by atoms with E-state index in [9.17, 15) is 9.18 Å². The number of rotatable bonds is 3. The van der Waals surface area contributed by atoms with E-state index in [1.54, 1.807) is 24.4 Å². The molecule has 114 valence electrons. The van der Waals surface area contributed by atoms with Crippen molar-refractivity contribution in [2.24, 2.45) is 0 Å². The van der Waals surface area contributed by atoms with Gasteiger partial charge < -0.3 is 10.2 Å². The van der Waals surface area contributed by atoms with Crippen LogP contribution >= 0.6 is 15.9 Å². The highest BCUT2D eigenvalue weighted by Crippen LogP contribution is 2.24. The normalized spacial score (nSPS) is 14.2. The van der Waals surface area contributed by atoms with Gasteiger partial charge in [0.05, 0.1) is 11.3 Å². The van der Waals surface area contributed by atoms with Gasteiger partial charge in [-0.1, -0.05) is 15.9 Å². The Morgan fingerprint density at radius 3 is 2.77 bits per heavy atom. The first kappa shape index (κ1) is 15.0. The van der Waals surface area contributed by atoms with Crippen molar-refractivity contribution in [2.75, 3.05) is 23.3 Å². The summed E-state index contributed by atoms with van der Waals surface area (Å²) < 4.78 is 14.5. The summed E-state index contributed by atoms with van der Waals surface area (Å²) in [4.78, 5) is 18.9. The summed E-state index contributed by atoms with van der Waals surface area (Å²) in [5.74, 6) is -0.166. The van der Waals surface area contributed by atoms with Crippen molar-refractivity contribution >= 4 is 33.3 Å². The zero-order valence-electron chi connectivity index (χ0n) is 11.9. The molecule has 0 unspecified atom stereocenters. The molecule has 1 aromatic carbocycles. The van der Waals surface area contributed by atoms with E-state index in [4.69, 9.17) is 0 Å². The number of carbonyl (C=O) groups is 1. The highest BCUT2D eigenvalue weighted by atomic mass is 79.9. The molecule has 1 aliphatic heterocycles. The number of amides is 1. The monoisotopic (exact) mass is 363 g/mol. The molecule has 0 aliphatic carbocycles. The van der Waals surface area contributed by atoms with E-state index in [-0.39, 0.29) is 11.6 Å². The third-order valence-corrected chi connectivity index (χ3v) is 4.11. The molecule has 1 N–H and O–H groups in total. The third kappa shape index (κ3) is 3.11. The minimum atomic E-state index is -0.477. The number of hydrogen-bond acceptors (Lipinski definition) is 3. The first-order valence-electron chi connectivity index (χ1n) is 7.11. The number of nitrogens with zero attached hydrogens (tertiary/aromatic N) is 2. The summed E-state index contributed by atoms with van der Waals surface area (Å²) in [6.45, 7) is 1.79. The topological polar surface area (TPSA) is 45.2 Å². The second-order valence-corrected chi connectivity index (χ2v) is 6.06. The lowest BCUT2D eigenvalue weighted by Gasteiger charge is -2.19. The van der Waals surface area contributed by atoms with Gasteiger partial charge in [-0.15, -0.1) is 0 Å². The standard InChI is InChI=1S/C16H15BrFN3O/c17-11-5-6-14(13(18)10-11)20-16(22)12-4-3-7-19-15(12)21-8-1-2-9-21/h3-7,10H,1-2,8-9H2,(H,20,22). The van der Waals surface area contributed by atoms with Crippen molar-refractivity contribution in [1.82, 2.24) is 4.98 Å². The first-order chi connectivity index (χ1) is 10.6. The molecule has 4 nitrogen and oxygen atoms in total. The third-order valence-electron chi connectivity index (χ3n) is 3.62. The zero-order chi connectivity index (χ0) is 15.5. The van der Waals surface area contributed by atoms with Crippen molar-refractivity contribution in [3.05, 3.63) is 52.4 Å². The van der Waals surface area contributed by atoms with Crippen LogP contribution in [0.4, 0.5) is 15.9 Å². The number of anilines is 2. The smallest absolute Gasteiger partial charge is 0.259 e. The molecule has 2 aromatic rings. The largest absolute Gasteiger partial charge is 0.356 e. The minimum Gasteiger partial charge on any atom is -0.356 e. The number of benzene rings is 1. The summed E-state index contributed by atoms with van der Waals surface area (Å²) in [6, 6.07) is 7.96. The molecule has 1 aliphatic rings. The van der Waals surface area contributed by atoms with E-state index < -0.39 is 5.82 Å². The van der Waals surface area contributed by atoms with Crippen LogP contribution in [0.15, 0.2) is 41.0 Å². The first-order valence-corrected chi connectivity index (χ1v) is 7.91. The van der Waals surface area contributed by atoms with E-state index >= 15 is 0 Å². The Morgan fingerprint density at radius 1 is 1.27 bits per heavy atom. The maximum Gasteiger partial charge on any atom is 0.259 e. The maximum atomic E-state index is 13.9. The lowest BCUT2D eigenvalue weighted by Crippen LogP contribution is -2.24. The average molecular weight is 364 g/mol. The van der Waals surface area contributed by atoms with E-state index in [0.29, 0.717) is 15.9 Å². The van der Waals surface area contributed by atoms with Crippen molar-refractivity contribution in [1.29, 1.82) is 0 Å². The molecule has 1 fully saturated rings. The van der Waals surface area contributed by atoms with Crippen LogP contribution in [0, 0.1) is 5.82 Å². The fraction of sp³-hybridized carbons (Fsp3) is 0.250. The van der Waals surface area contributed by atoms with Crippen LogP contribution in [0.25, 0.3) is 0 Å². The predicted octanol–water partition coefficient (Wildman–Crippen LogP) is 3.84. The highest BCUT2D eigenvalue weighted by Gasteiger charge is 2.21. The molecule has 1 amide bonds. The fourth-order valence-corrected chi connectivity index (χ4v) is 2.87. The second kappa shape index (κ2) is 6.44. The molecule has 1 saturated heterocycles. The molecule has 22 heavy (non-hydrogen) atoms. The van der Waals surface area contributed by atoms with Gasteiger partial charge in [-0.05, 0) is 43.2 Å². The predicted molar refractivity (Wildman–Crippen MR) is 87.7 cm³/mol. The van der Waals surface area contributed by atoms with Crippen LogP contribution < -0.4 is 10.2 Å². The van der Waals surface area contributed by atoms with Gasteiger partial charge in [-0.25, -0.2) is 9.37 Å². The molecule has 1 aromatic heterocycles. The molecular formula is C16H15BrFN3O. The van der Waals surface area contributed by atoms with E-state index in [1.165, 1.54) is 12.1 Å². The van der Waals surface area contributed by atoms with Gasteiger partial charge in [0.1, 0.15) is 11.6 Å². The van der Waals surface area contributed by atoms with Crippen LogP contribution in [-0.2, 0) is 0 Å². The molecular weight excluding hydrogens is 349 g/mol. The van der Waals surface area contributed by atoms with Crippen LogP contribution in [0.5, 0.6) is 0 Å². The van der Waals surface area contributed by atoms with Gasteiger partial charge in [-0.2, -0.15) is 0 Å². The van der Waals surface area contributed by atoms with Crippen molar-refractivity contribution in [2.45, 2.75) is 12.8 Å². The molecule has 2 heterocycles. The number of halogens is 2. The van der Waals surface area contributed by atoms with Gasteiger partial charge in [0.25, 0.3) is 5.91 Å². The molecule has 6 heteroatoms.